The lowest BCUT2D eigenvalue weighted by molar-refractivity contribution is 0.667. The van der Waals surface area contributed by atoms with Gasteiger partial charge in [0.05, 0.1) is 45.5 Å². The summed E-state index contributed by atoms with van der Waals surface area (Å²) in [5, 5.41) is 2.13. The van der Waals surface area contributed by atoms with E-state index in [9.17, 15) is 0 Å². The first-order valence-electron chi connectivity index (χ1n) is 19.4. The molecule has 0 spiro atoms. The van der Waals surface area contributed by atoms with E-state index in [4.69, 9.17) is 9.40 Å². The zero-order valence-electron chi connectivity index (χ0n) is 30.6. The summed E-state index contributed by atoms with van der Waals surface area (Å²) in [6, 6.07) is 64.9. The van der Waals surface area contributed by atoms with Crippen LogP contribution in [0.25, 0.3) is 21.9 Å². The van der Waals surface area contributed by atoms with Crippen LogP contribution in [0.2, 0.25) is 0 Å². The van der Waals surface area contributed by atoms with Gasteiger partial charge in [-0.1, -0.05) is 91.0 Å². The van der Waals surface area contributed by atoms with Crippen molar-refractivity contribution in [3.8, 4) is 0 Å². The van der Waals surface area contributed by atoms with Crippen molar-refractivity contribution >= 4 is 105 Å². The lowest BCUT2D eigenvalue weighted by Gasteiger charge is -2.32. The molecule has 2 aromatic heterocycles. The van der Waals surface area contributed by atoms with E-state index >= 15 is 0 Å². The number of furan rings is 1. The van der Waals surface area contributed by atoms with E-state index in [1.54, 1.807) is 0 Å². The molecule has 0 bridgehead atoms. The average Bonchev–Trinajstić information content (AvgIpc) is 4.06. The molecule has 57 heavy (non-hydrogen) atoms. The number of fused-ring (bicyclic) bond motifs is 13. The van der Waals surface area contributed by atoms with Gasteiger partial charge in [-0.2, -0.15) is 0 Å². The number of benzene rings is 7. The number of hydrogen-bond donors (Lipinski definition) is 0. The molecule has 0 fully saturated rings. The van der Waals surface area contributed by atoms with E-state index in [2.05, 4.69) is 199 Å². The van der Waals surface area contributed by atoms with Crippen LogP contribution in [0.3, 0.4) is 0 Å². The number of nitrogens with zero attached hydrogens (tertiary/aromatic N) is 7. The van der Waals surface area contributed by atoms with Gasteiger partial charge in [-0.3, -0.25) is 0 Å². The Morgan fingerprint density at radius 1 is 0.351 bits per heavy atom. The summed E-state index contributed by atoms with van der Waals surface area (Å²) < 4.78 is 6.65. The molecule has 10 heteroatoms. The molecule has 0 N–H and O–H groups in total. The largest absolute Gasteiger partial charge is 0.520 e. The van der Waals surface area contributed by atoms with Gasteiger partial charge < -0.3 is 33.3 Å². The fourth-order valence-corrected chi connectivity index (χ4v) is 9.65. The highest BCUT2D eigenvalue weighted by Crippen LogP contribution is 2.60. The number of anilines is 12. The van der Waals surface area contributed by atoms with Crippen LogP contribution in [0.5, 0.6) is 0 Å². The van der Waals surface area contributed by atoms with Crippen molar-refractivity contribution in [2.24, 2.45) is 0 Å². The monoisotopic (exact) mass is 731 g/mol. The van der Waals surface area contributed by atoms with Crippen LogP contribution in [0.4, 0.5) is 68.4 Å². The van der Waals surface area contributed by atoms with Gasteiger partial charge in [0.15, 0.2) is 11.4 Å². The van der Waals surface area contributed by atoms with Gasteiger partial charge in [-0.25, -0.2) is 4.98 Å². The van der Waals surface area contributed by atoms with Crippen molar-refractivity contribution < 1.29 is 4.42 Å². The molecule has 8 nitrogen and oxygen atoms in total. The van der Waals surface area contributed by atoms with Crippen LogP contribution in [0.1, 0.15) is 0 Å². The summed E-state index contributed by atoms with van der Waals surface area (Å²) in [7, 11) is -0.444. The van der Waals surface area contributed by atoms with E-state index in [1.807, 2.05) is 18.3 Å². The highest BCUT2D eigenvalue weighted by molar-refractivity contribution is 6.81. The summed E-state index contributed by atoms with van der Waals surface area (Å²) in [6.45, 7) is 0. The maximum Gasteiger partial charge on any atom is 0.520 e. The summed E-state index contributed by atoms with van der Waals surface area (Å²) in [5.41, 5.74) is 14.1. The molecule has 0 aliphatic carbocycles. The Kier molecular flexibility index (Phi) is 6.18. The van der Waals surface area contributed by atoms with Crippen LogP contribution in [-0.2, 0) is 0 Å². The Labute approximate surface area is 329 Å². The lowest BCUT2D eigenvalue weighted by atomic mass is 9.86. The van der Waals surface area contributed by atoms with E-state index in [-0.39, 0.29) is 14.2 Å². The Hall–Kier alpha value is -7.58. The maximum atomic E-state index is 6.65. The third-order valence-electron chi connectivity index (χ3n) is 11.9. The molecule has 6 heterocycles. The molecule has 0 saturated carbocycles. The second-order valence-electron chi connectivity index (χ2n) is 14.8. The zero-order valence-corrected chi connectivity index (χ0v) is 30.6. The molecule has 4 aliphatic rings. The van der Waals surface area contributed by atoms with Crippen molar-refractivity contribution in [3.63, 3.8) is 0 Å². The molecule has 0 saturated heterocycles. The van der Waals surface area contributed by atoms with Crippen molar-refractivity contribution in [2.45, 2.75) is 0 Å². The molecule has 266 valence electrons. The molecule has 0 unspecified atom stereocenters. The zero-order chi connectivity index (χ0) is 37.2. The third kappa shape index (κ3) is 4.11. The van der Waals surface area contributed by atoms with Crippen LogP contribution < -0.4 is 28.9 Å². The molecule has 9 aromatic rings. The molecule has 4 aliphatic heterocycles. The number of rotatable bonds is 4. The molecule has 0 amide bonds. The average molecular weight is 731 g/mol. The first-order valence-corrected chi connectivity index (χ1v) is 19.4. The van der Waals surface area contributed by atoms with E-state index in [0.717, 1.165) is 73.3 Å². The standard InChI is InChI=1S/C47H31B2N7O/c1-3-15-32(16-4-1)51-37-20-8-10-22-39(37)54-40-23-11-9-21-38(40)53(48(51)54)34-27-28-43-44(31-34)55-41-24-12-13-25-42(41)56(49(55)52(43)33-17-5-2-6-18-33)47-46-36(29-30-50-47)35-19-7-14-26-45(35)57-46/h1-31H. The number of hydrogen-bond acceptors (Lipinski definition) is 8. The normalized spacial score (nSPS) is 14.7. The molecule has 7 aromatic carbocycles. The van der Waals surface area contributed by atoms with Crippen molar-refractivity contribution in [1.82, 2.24) is 4.98 Å². The molecular weight excluding hydrogens is 700 g/mol. The molecular formula is C47H31B2N7O. The van der Waals surface area contributed by atoms with Gasteiger partial charge in [-0.05, 0) is 91.0 Å². The third-order valence-corrected chi connectivity index (χ3v) is 11.9. The number of aromatic nitrogens is 1. The highest BCUT2D eigenvalue weighted by Gasteiger charge is 2.56. The minimum absolute atomic E-state index is 0.153. The van der Waals surface area contributed by atoms with Gasteiger partial charge in [0.25, 0.3) is 0 Å². The fraction of sp³-hybridized carbons (Fsp3) is 0. The predicted octanol–water partition coefficient (Wildman–Crippen LogP) is 11.8. The summed E-state index contributed by atoms with van der Waals surface area (Å²) in [6.07, 6.45) is 1.91. The van der Waals surface area contributed by atoms with Gasteiger partial charge in [0, 0.05) is 34.0 Å². The number of para-hydroxylation sites is 9. The van der Waals surface area contributed by atoms with Gasteiger partial charge >= 0.3 is 14.2 Å². The Morgan fingerprint density at radius 3 is 1.42 bits per heavy atom. The minimum atomic E-state index is -0.291. The number of pyridine rings is 1. The van der Waals surface area contributed by atoms with Crippen molar-refractivity contribution in [2.75, 3.05) is 28.9 Å². The van der Waals surface area contributed by atoms with Crippen LogP contribution in [0, 0.1) is 0 Å². The quantitative estimate of drug-likeness (QED) is 0.166. The molecule has 0 radical (unpaired) electrons. The summed E-state index contributed by atoms with van der Waals surface area (Å²) >= 11 is 0. The molecule has 0 atom stereocenters. The lowest BCUT2D eigenvalue weighted by Crippen LogP contribution is -2.52. The Morgan fingerprint density at radius 2 is 0.807 bits per heavy atom. The van der Waals surface area contributed by atoms with Crippen LogP contribution in [-0.4, -0.2) is 19.2 Å². The SMILES string of the molecule is c1ccc(N2B3N(c4ccc5c(c4)N4B(N5c5ccccc5)N(c5nccc6c5oc5ccccc56)c5ccccc54)c4ccccc4N3c3ccccc32)cc1. The van der Waals surface area contributed by atoms with Crippen molar-refractivity contribution in [3.05, 3.63) is 188 Å². The van der Waals surface area contributed by atoms with Crippen molar-refractivity contribution in [1.29, 1.82) is 0 Å². The van der Waals surface area contributed by atoms with E-state index in [1.165, 1.54) is 17.1 Å². The van der Waals surface area contributed by atoms with E-state index < -0.39 is 0 Å². The van der Waals surface area contributed by atoms with Crippen LogP contribution in [0.15, 0.2) is 193 Å². The Balaban J connectivity index is 1.03. The second kappa shape index (κ2) is 11.5. The molecule has 13 rings (SSSR count). The van der Waals surface area contributed by atoms with Gasteiger partial charge in [0.2, 0.25) is 0 Å². The maximum absolute atomic E-state index is 6.65. The highest BCUT2D eigenvalue weighted by atomic mass is 16.3. The summed E-state index contributed by atoms with van der Waals surface area (Å²) in [5.74, 6) is 0.781. The second-order valence-corrected chi connectivity index (χ2v) is 14.8. The fourth-order valence-electron chi connectivity index (χ4n) is 9.65. The van der Waals surface area contributed by atoms with Gasteiger partial charge in [0.1, 0.15) is 5.58 Å². The minimum Gasteiger partial charge on any atom is -0.452 e. The van der Waals surface area contributed by atoms with Gasteiger partial charge in [-0.15, -0.1) is 0 Å². The Bertz CT molecular complexity index is 3050. The first-order chi connectivity index (χ1) is 28.3. The summed E-state index contributed by atoms with van der Waals surface area (Å²) in [4.78, 5) is 19.8. The smallest absolute Gasteiger partial charge is 0.452 e. The predicted molar refractivity (Wildman–Crippen MR) is 235 cm³/mol. The topological polar surface area (TPSA) is 45.5 Å². The first kappa shape index (κ1) is 30.7. The van der Waals surface area contributed by atoms with Crippen LogP contribution >= 0.6 is 0 Å². The van der Waals surface area contributed by atoms with E-state index in [0.29, 0.717) is 0 Å².